The molecule has 3 nitrogen and oxygen atoms in total. The highest BCUT2D eigenvalue weighted by atomic mass is 15.1. The van der Waals surface area contributed by atoms with Gasteiger partial charge in [-0.15, -0.1) is 0 Å². The highest BCUT2D eigenvalue weighted by Crippen LogP contribution is 2.01. The van der Waals surface area contributed by atoms with Crippen LogP contribution in [0.3, 0.4) is 0 Å². The summed E-state index contributed by atoms with van der Waals surface area (Å²) in [4.78, 5) is 10.8. The number of nitrogens with zero attached hydrogens (tertiary/aromatic N) is 3. The van der Waals surface area contributed by atoms with Crippen LogP contribution >= 0.6 is 0 Å². The van der Waals surface area contributed by atoms with Gasteiger partial charge < -0.3 is 4.90 Å². The van der Waals surface area contributed by atoms with Crippen LogP contribution in [-0.2, 0) is 13.0 Å². The number of aromatic nitrogens is 2. The maximum atomic E-state index is 4.50. The molecule has 0 saturated carbocycles. The van der Waals surface area contributed by atoms with Gasteiger partial charge >= 0.3 is 0 Å². The SMILES string of the molecule is CCCc1cncc(CN(C)C)n1. The third-order valence-corrected chi connectivity index (χ3v) is 1.72. The predicted octanol–water partition coefficient (Wildman–Crippen LogP) is 1.49. The van der Waals surface area contributed by atoms with Crippen molar-refractivity contribution in [1.29, 1.82) is 0 Å². The quantitative estimate of drug-likeness (QED) is 0.701. The van der Waals surface area contributed by atoms with Crippen molar-refractivity contribution in [2.45, 2.75) is 26.3 Å². The van der Waals surface area contributed by atoms with Crippen LogP contribution in [0.4, 0.5) is 0 Å². The van der Waals surface area contributed by atoms with Gasteiger partial charge in [-0.05, 0) is 20.5 Å². The highest BCUT2D eigenvalue weighted by Gasteiger charge is 1.99. The van der Waals surface area contributed by atoms with Crippen molar-refractivity contribution in [2.24, 2.45) is 0 Å². The summed E-state index contributed by atoms with van der Waals surface area (Å²) in [5.74, 6) is 0. The third-order valence-electron chi connectivity index (χ3n) is 1.72. The molecule has 1 rings (SSSR count). The fourth-order valence-electron chi connectivity index (χ4n) is 1.23. The molecule has 3 heteroatoms. The van der Waals surface area contributed by atoms with E-state index in [9.17, 15) is 0 Å². The van der Waals surface area contributed by atoms with Crippen molar-refractivity contribution in [2.75, 3.05) is 14.1 Å². The number of hydrogen-bond acceptors (Lipinski definition) is 3. The van der Waals surface area contributed by atoms with E-state index in [1.54, 1.807) is 0 Å². The van der Waals surface area contributed by atoms with Crippen molar-refractivity contribution in [3.63, 3.8) is 0 Å². The Morgan fingerprint density at radius 3 is 2.54 bits per heavy atom. The molecule has 13 heavy (non-hydrogen) atoms. The van der Waals surface area contributed by atoms with E-state index in [1.807, 2.05) is 26.5 Å². The molecule has 1 aromatic rings. The van der Waals surface area contributed by atoms with E-state index >= 15 is 0 Å². The minimum Gasteiger partial charge on any atom is -0.304 e. The Morgan fingerprint density at radius 2 is 1.92 bits per heavy atom. The van der Waals surface area contributed by atoms with Gasteiger partial charge in [-0.1, -0.05) is 13.3 Å². The van der Waals surface area contributed by atoms with Crippen molar-refractivity contribution in [1.82, 2.24) is 14.9 Å². The van der Waals surface area contributed by atoms with Crippen LogP contribution in [0.5, 0.6) is 0 Å². The highest BCUT2D eigenvalue weighted by molar-refractivity contribution is 5.03. The second kappa shape index (κ2) is 4.92. The van der Waals surface area contributed by atoms with Crippen molar-refractivity contribution in [3.05, 3.63) is 23.8 Å². The molecule has 0 atom stereocenters. The Balaban J connectivity index is 2.67. The molecule has 0 bridgehead atoms. The van der Waals surface area contributed by atoms with Crippen LogP contribution in [0.25, 0.3) is 0 Å². The average molecular weight is 179 g/mol. The standard InChI is InChI=1S/C10H17N3/c1-4-5-9-6-11-7-10(12-9)8-13(2)3/h6-7H,4-5,8H2,1-3H3. The largest absolute Gasteiger partial charge is 0.304 e. The Kier molecular flexibility index (Phi) is 3.83. The van der Waals surface area contributed by atoms with Crippen molar-refractivity contribution < 1.29 is 0 Å². The molecule has 0 unspecified atom stereocenters. The summed E-state index contributed by atoms with van der Waals surface area (Å²) in [6.07, 6.45) is 5.83. The van der Waals surface area contributed by atoms with Gasteiger partial charge in [0.05, 0.1) is 11.4 Å². The summed E-state index contributed by atoms with van der Waals surface area (Å²) in [7, 11) is 4.07. The molecular formula is C10H17N3. The number of hydrogen-bond donors (Lipinski definition) is 0. The van der Waals surface area contributed by atoms with Gasteiger partial charge in [0.2, 0.25) is 0 Å². The number of aryl methyl sites for hydroxylation is 1. The Bertz CT molecular complexity index is 258. The van der Waals surface area contributed by atoms with Crippen LogP contribution in [0.1, 0.15) is 24.7 Å². The summed E-state index contributed by atoms with van der Waals surface area (Å²) in [6.45, 7) is 3.02. The van der Waals surface area contributed by atoms with Gasteiger partial charge in [-0.25, -0.2) is 0 Å². The van der Waals surface area contributed by atoms with E-state index in [4.69, 9.17) is 0 Å². The molecule has 0 spiro atoms. The molecule has 1 heterocycles. The van der Waals surface area contributed by atoms with Gasteiger partial charge in [0, 0.05) is 18.9 Å². The Morgan fingerprint density at radius 1 is 1.23 bits per heavy atom. The van der Waals surface area contributed by atoms with E-state index in [0.29, 0.717) is 0 Å². The monoisotopic (exact) mass is 179 g/mol. The Hall–Kier alpha value is -0.960. The van der Waals surface area contributed by atoms with Crippen molar-refractivity contribution in [3.8, 4) is 0 Å². The average Bonchev–Trinajstić information content (AvgIpc) is 2.04. The first kappa shape index (κ1) is 10.1. The van der Waals surface area contributed by atoms with Gasteiger partial charge in [0.15, 0.2) is 0 Å². The van der Waals surface area contributed by atoms with Crippen LogP contribution < -0.4 is 0 Å². The fraction of sp³-hybridized carbons (Fsp3) is 0.600. The maximum absolute atomic E-state index is 4.50. The molecule has 72 valence electrons. The van der Waals surface area contributed by atoms with E-state index in [2.05, 4.69) is 21.8 Å². The second-order valence-corrected chi connectivity index (χ2v) is 3.49. The lowest BCUT2D eigenvalue weighted by molar-refractivity contribution is 0.395. The molecule has 0 radical (unpaired) electrons. The molecule has 1 aromatic heterocycles. The fourth-order valence-corrected chi connectivity index (χ4v) is 1.23. The van der Waals surface area contributed by atoms with Gasteiger partial charge in [-0.3, -0.25) is 9.97 Å². The summed E-state index contributed by atoms with van der Waals surface area (Å²) < 4.78 is 0. The second-order valence-electron chi connectivity index (χ2n) is 3.49. The number of rotatable bonds is 4. The van der Waals surface area contributed by atoms with Gasteiger partial charge in [-0.2, -0.15) is 0 Å². The topological polar surface area (TPSA) is 29.0 Å². The molecule has 0 aromatic carbocycles. The molecule has 0 saturated heterocycles. The zero-order valence-corrected chi connectivity index (χ0v) is 8.62. The zero-order valence-electron chi connectivity index (χ0n) is 8.62. The van der Waals surface area contributed by atoms with E-state index < -0.39 is 0 Å². The lowest BCUT2D eigenvalue weighted by atomic mass is 10.2. The van der Waals surface area contributed by atoms with Crippen LogP contribution in [0.2, 0.25) is 0 Å². The van der Waals surface area contributed by atoms with E-state index in [0.717, 1.165) is 30.8 Å². The van der Waals surface area contributed by atoms with Crippen LogP contribution in [0, 0.1) is 0 Å². The molecule has 0 aliphatic rings. The smallest absolute Gasteiger partial charge is 0.0729 e. The lowest BCUT2D eigenvalue weighted by Gasteiger charge is -2.08. The summed E-state index contributed by atoms with van der Waals surface area (Å²) in [6, 6.07) is 0. The molecule has 0 amide bonds. The molecular weight excluding hydrogens is 162 g/mol. The summed E-state index contributed by atoms with van der Waals surface area (Å²) >= 11 is 0. The first-order valence-electron chi connectivity index (χ1n) is 4.67. The van der Waals surface area contributed by atoms with Crippen LogP contribution in [-0.4, -0.2) is 29.0 Å². The van der Waals surface area contributed by atoms with Gasteiger partial charge in [0.25, 0.3) is 0 Å². The normalized spacial score (nSPS) is 10.8. The summed E-state index contributed by atoms with van der Waals surface area (Å²) in [5, 5.41) is 0. The predicted molar refractivity (Wildman–Crippen MR) is 53.4 cm³/mol. The van der Waals surface area contributed by atoms with E-state index in [-0.39, 0.29) is 0 Å². The minimum atomic E-state index is 0.866. The van der Waals surface area contributed by atoms with Crippen LogP contribution in [0.15, 0.2) is 12.4 Å². The summed E-state index contributed by atoms with van der Waals surface area (Å²) in [5.41, 5.74) is 2.15. The third kappa shape index (κ3) is 3.51. The Labute approximate surface area is 79.8 Å². The first-order valence-corrected chi connectivity index (χ1v) is 4.67. The maximum Gasteiger partial charge on any atom is 0.0729 e. The van der Waals surface area contributed by atoms with Gasteiger partial charge in [0.1, 0.15) is 0 Å². The van der Waals surface area contributed by atoms with E-state index in [1.165, 1.54) is 0 Å². The lowest BCUT2D eigenvalue weighted by Crippen LogP contribution is -2.12. The molecule has 0 N–H and O–H groups in total. The minimum absolute atomic E-state index is 0.866. The molecule has 0 aliphatic carbocycles. The first-order chi connectivity index (χ1) is 6.22. The zero-order chi connectivity index (χ0) is 9.68. The van der Waals surface area contributed by atoms with Crippen molar-refractivity contribution >= 4 is 0 Å². The molecule has 0 aliphatic heterocycles. The molecule has 0 fully saturated rings.